The zero-order chi connectivity index (χ0) is 22.3. The minimum atomic E-state index is -1.13. The standard InChI is InChI=1S/C21H25N5O3S/c1-5-6-7-14(12-26(3)4)18-11-24-20(30-18)16(9-22)19(27)25-17-8-15(21(28)29)10-23-13(17)2/h6-12H,5,22H2,1-4H3,(H,25,27)(H,28,29)/b7-6?,14-12+,16-9-. The van der Waals surface area contributed by atoms with Gasteiger partial charge in [-0.1, -0.05) is 19.1 Å². The topological polar surface area (TPSA) is 121 Å². The van der Waals surface area contributed by atoms with E-state index in [1.165, 1.54) is 29.8 Å². The molecule has 0 bridgehead atoms. The zero-order valence-corrected chi connectivity index (χ0v) is 18.2. The van der Waals surface area contributed by atoms with Crippen molar-refractivity contribution in [2.24, 2.45) is 5.73 Å². The van der Waals surface area contributed by atoms with Crippen LogP contribution in [0.5, 0.6) is 0 Å². The van der Waals surface area contributed by atoms with E-state index in [0.29, 0.717) is 16.4 Å². The van der Waals surface area contributed by atoms with Crippen molar-refractivity contribution in [1.29, 1.82) is 0 Å². The van der Waals surface area contributed by atoms with E-state index in [4.69, 9.17) is 10.8 Å². The average Bonchev–Trinajstić information content (AvgIpc) is 3.16. The van der Waals surface area contributed by atoms with Crippen LogP contribution in [0.3, 0.4) is 0 Å². The summed E-state index contributed by atoms with van der Waals surface area (Å²) in [6.07, 6.45) is 11.1. The third kappa shape index (κ3) is 5.77. The number of rotatable bonds is 8. The summed E-state index contributed by atoms with van der Waals surface area (Å²) in [6.45, 7) is 3.73. The average molecular weight is 428 g/mol. The van der Waals surface area contributed by atoms with E-state index in [1.807, 2.05) is 37.3 Å². The number of carboxylic acids is 1. The van der Waals surface area contributed by atoms with Gasteiger partial charge in [-0.25, -0.2) is 9.78 Å². The second-order valence-corrected chi connectivity index (χ2v) is 7.62. The number of nitrogens with one attached hydrogen (secondary N) is 1. The molecule has 8 nitrogen and oxygen atoms in total. The van der Waals surface area contributed by atoms with Crippen LogP contribution in [0.15, 0.2) is 43.0 Å². The highest BCUT2D eigenvalue weighted by Gasteiger charge is 2.18. The lowest BCUT2D eigenvalue weighted by molar-refractivity contribution is -0.111. The lowest BCUT2D eigenvalue weighted by Gasteiger charge is -2.09. The number of carbonyl (C=O) groups excluding carboxylic acids is 1. The summed E-state index contributed by atoms with van der Waals surface area (Å²) in [5.74, 6) is -1.62. The number of aryl methyl sites for hydroxylation is 1. The summed E-state index contributed by atoms with van der Waals surface area (Å²) in [7, 11) is 3.87. The molecule has 0 aliphatic carbocycles. The lowest BCUT2D eigenvalue weighted by Crippen LogP contribution is -2.16. The fourth-order valence-electron chi connectivity index (χ4n) is 2.45. The van der Waals surface area contributed by atoms with Crippen LogP contribution in [0.4, 0.5) is 5.69 Å². The third-order valence-electron chi connectivity index (χ3n) is 3.94. The molecular formula is C21H25N5O3S. The Balaban J connectivity index is 2.31. The van der Waals surface area contributed by atoms with Crippen LogP contribution in [-0.2, 0) is 4.79 Å². The van der Waals surface area contributed by atoms with Gasteiger partial charge in [0.05, 0.1) is 27.4 Å². The summed E-state index contributed by atoms with van der Waals surface area (Å²) in [6, 6.07) is 1.36. The Labute approximate surface area is 179 Å². The Morgan fingerprint density at radius 2 is 2.03 bits per heavy atom. The second kappa shape index (κ2) is 10.4. The number of aromatic carboxylic acids is 1. The molecule has 0 saturated carbocycles. The van der Waals surface area contributed by atoms with Gasteiger partial charge in [-0.2, -0.15) is 0 Å². The van der Waals surface area contributed by atoms with Crippen molar-refractivity contribution < 1.29 is 14.7 Å². The molecule has 4 N–H and O–H groups in total. The van der Waals surface area contributed by atoms with Crippen molar-refractivity contribution in [2.45, 2.75) is 20.3 Å². The van der Waals surface area contributed by atoms with Crippen molar-refractivity contribution in [3.8, 4) is 0 Å². The van der Waals surface area contributed by atoms with Crippen LogP contribution < -0.4 is 11.1 Å². The van der Waals surface area contributed by atoms with Crippen LogP contribution in [0, 0.1) is 6.92 Å². The van der Waals surface area contributed by atoms with Crippen LogP contribution in [0.25, 0.3) is 11.1 Å². The maximum Gasteiger partial charge on any atom is 0.337 e. The Hall–Kier alpha value is -3.46. The molecule has 30 heavy (non-hydrogen) atoms. The van der Waals surface area contributed by atoms with E-state index in [-0.39, 0.29) is 11.1 Å². The Morgan fingerprint density at radius 3 is 2.63 bits per heavy atom. The molecule has 0 unspecified atom stereocenters. The Morgan fingerprint density at radius 1 is 1.30 bits per heavy atom. The number of carboxylic acid groups (broad SMARTS) is 1. The molecule has 2 heterocycles. The molecular weight excluding hydrogens is 402 g/mol. The first-order chi connectivity index (χ1) is 14.3. The van der Waals surface area contributed by atoms with Crippen LogP contribution >= 0.6 is 11.3 Å². The van der Waals surface area contributed by atoms with Gasteiger partial charge in [0.15, 0.2) is 0 Å². The van der Waals surface area contributed by atoms with E-state index < -0.39 is 11.9 Å². The van der Waals surface area contributed by atoms with E-state index >= 15 is 0 Å². The predicted octanol–water partition coefficient (Wildman–Crippen LogP) is 3.35. The van der Waals surface area contributed by atoms with Crippen molar-refractivity contribution in [3.63, 3.8) is 0 Å². The van der Waals surface area contributed by atoms with Gasteiger partial charge in [0, 0.05) is 44.5 Å². The minimum Gasteiger partial charge on any atom is -0.478 e. The first-order valence-corrected chi connectivity index (χ1v) is 10.0. The maximum absolute atomic E-state index is 12.8. The van der Waals surface area contributed by atoms with Gasteiger partial charge < -0.3 is 21.1 Å². The minimum absolute atomic E-state index is 0.0214. The number of nitrogens with zero attached hydrogens (tertiary/aromatic N) is 3. The van der Waals surface area contributed by atoms with Gasteiger partial charge >= 0.3 is 5.97 Å². The van der Waals surface area contributed by atoms with E-state index in [0.717, 1.165) is 16.9 Å². The van der Waals surface area contributed by atoms with Crippen molar-refractivity contribution in [1.82, 2.24) is 14.9 Å². The summed E-state index contributed by atoms with van der Waals surface area (Å²) >= 11 is 1.34. The number of allylic oxidation sites excluding steroid dienone is 3. The fraction of sp³-hybridized carbons (Fsp3) is 0.238. The smallest absolute Gasteiger partial charge is 0.337 e. The molecule has 0 fully saturated rings. The van der Waals surface area contributed by atoms with E-state index in [2.05, 4.69) is 22.2 Å². The van der Waals surface area contributed by atoms with Crippen LogP contribution in [0.1, 0.15) is 39.3 Å². The largest absolute Gasteiger partial charge is 0.478 e. The Bertz CT molecular complexity index is 1020. The quantitative estimate of drug-likeness (QED) is 0.436. The molecule has 0 atom stereocenters. The van der Waals surface area contributed by atoms with Gasteiger partial charge in [-0.15, -0.1) is 11.3 Å². The number of aromatic nitrogens is 2. The van der Waals surface area contributed by atoms with Crippen LogP contribution in [0.2, 0.25) is 0 Å². The maximum atomic E-state index is 12.8. The zero-order valence-electron chi connectivity index (χ0n) is 17.3. The normalized spacial score (nSPS) is 12.3. The van der Waals surface area contributed by atoms with Gasteiger partial charge in [0.2, 0.25) is 0 Å². The summed E-state index contributed by atoms with van der Waals surface area (Å²) in [4.78, 5) is 35.2. The number of carbonyl (C=O) groups is 2. The number of pyridine rings is 1. The first-order valence-electron chi connectivity index (χ1n) is 9.21. The number of amides is 1. The molecule has 2 aromatic heterocycles. The number of hydrogen-bond acceptors (Lipinski definition) is 7. The molecule has 0 saturated heterocycles. The summed E-state index contributed by atoms with van der Waals surface area (Å²) < 4.78 is 0. The first kappa shape index (κ1) is 22.8. The second-order valence-electron chi connectivity index (χ2n) is 6.58. The highest BCUT2D eigenvalue weighted by atomic mass is 32.1. The molecule has 0 aliphatic rings. The third-order valence-corrected chi connectivity index (χ3v) is 5.02. The number of anilines is 1. The van der Waals surface area contributed by atoms with E-state index in [9.17, 15) is 9.59 Å². The van der Waals surface area contributed by atoms with Crippen molar-refractivity contribution in [3.05, 3.63) is 64.2 Å². The summed E-state index contributed by atoms with van der Waals surface area (Å²) in [5.41, 5.74) is 7.65. The monoisotopic (exact) mass is 427 g/mol. The van der Waals surface area contributed by atoms with Crippen LogP contribution in [-0.4, -0.2) is 45.9 Å². The summed E-state index contributed by atoms with van der Waals surface area (Å²) in [5, 5.41) is 12.3. The molecule has 2 rings (SSSR count). The van der Waals surface area contributed by atoms with Crippen molar-refractivity contribution in [2.75, 3.05) is 19.4 Å². The highest BCUT2D eigenvalue weighted by molar-refractivity contribution is 7.14. The molecule has 0 spiro atoms. The molecule has 2 aromatic rings. The predicted molar refractivity (Wildman–Crippen MR) is 120 cm³/mol. The molecule has 0 radical (unpaired) electrons. The molecule has 158 valence electrons. The molecule has 9 heteroatoms. The number of thiazole rings is 1. The van der Waals surface area contributed by atoms with Gasteiger partial charge in [-0.3, -0.25) is 9.78 Å². The fourth-order valence-corrected chi connectivity index (χ4v) is 3.38. The van der Waals surface area contributed by atoms with Gasteiger partial charge in [0.1, 0.15) is 5.01 Å². The van der Waals surface area contributed by atoms with Gasteiger partial charge in [-0.05, 0) is 19.4 Å². The number of hydrogen-bond donors (Lipinski definition) is 3. The SMILES string of the molecule is CCC=C/C(=C\N(C)C)c1cnc(/C(=C\N)C(=O)Nc2cc(C(=O)O)cnc2C)s1. The molecule has 1 amide bonds. The lowest BCUT2D eigenvalue weighted by atomic mass is 10.2. The van der Waals surface area contributed by atoms with Gasteiger partial charge in [0.25, 0.3) is 5.91 Å². The highest BCUT2D eigenvalue weighted by Crippen LogP contribution is 2.28. The number of nitrogens with two attached hydrogens (primary N) is 1. The molecule has 0 aliphatic heterocycles. The van der Waals surface area contributed by atoms with E-state index in [1.54, 1.807) is 13.1 Å². The van der Waals surface area contributed by atoms with Crippen molar-refractivity contribution >= 4 is 40.0 Å². The molecule has 0 aromatic carbocycles. The Kier molecular flexibility index (Phi) is 7.88.